The highest BCUT2D eigenvalue weighted by molar-refractivity contribution is 7.12. The molecule has 1 amide bonds. The maximum Gasteiger partial charge on any atom is 0.266 e. The number of nitrogens with zero attached hydrogens (tertiary/aromatic N) is 2. The fourth-order valence-electron chi connectivity index (χ4n) is 2.31. The number of aromatic nitrogens is 1. The van der Waals surface area contributed by atoms with Gasteiger partial charge in [0.05, 0.1) is 18.4 Å². The molecule has 0 bridgehead atoms. The second kappa shape index (κ2) is 5.19. The van der Waals surface area contributed by atoms with Gasteiger partial charge in [0.15, 0.2) is 0 Å². The summed E-state index contributed by atoms with van der Waals surface area (Å²) in [4.78, 5) is 15.3. The minimum atomic E-state index is 0.105. The van der Waals surface area contributed by atoms with Gasteiger partial charge in [-0.05, 0) is 30.5 Å². The zero-order valence-corrected chi connectivity index (χ0v) is 11.6. The molecule has 1 unspecified atom stereocenters. The van der Waals surface area contributed by atoms with Crippen molar-refractivity contribution in [3.8, 4) is 5.69 Å². The number of ether oxygens (including phenoxy) is 1. The van der Waals surface area contributed by atoms with Crippen molar-refractivity contribution in [3.05, 3.63) is 40.8 Å². The van der Waals surface area contributed by atoms with Gasteiger partial charge in [0.25, 0.3) is 5.91 Å². The third-order valence-electron chi connectivity index (χ3n) is 3.25. The van der Waals surface area contributed by atoms with E-state index in [-0.39, 0.29) is 12.0 Å². The summed E-state index contributed by atoms with van der Waals surface area (Å²) in [5.41, 5.74) is 0.958. The van der Waals surface area contributed by atoms with Crippen LogP contribution in [0.15, 0.2) is 36.0 Å². The average Bonchev–Trinajstić information content (AvgIpc) is 3.08. The zero-order chi connectivity index (χ0) is 13.2. The average molecular weight is 276 g/mol. The van der Waals surface area contributed by atoms with Gasteiger partial charge in [0, 0.05) is 25.5 Å². The number of morpholine rings is 1. The molecule has 2 aromatic heterocycles. The molecule has 100 valence electrons. The first-order valence-corrected chi connectivity index (χ1v) is 7.25. The van der Waals surface area contributed by atoms with Gasteiger partial charge in [-0.2, -0.15) is 0 Å². The van der Waals surface area contributed by atoms with E-state index in [4.69, 9.17) is 4.74 Å². The van der Waals surface area contributed by atoms with Crippen LogP contribution in [-0.4, -0.2) is 41.2 Å². The molecule has 2 aromatic rings. The standard InChI is InChI=1S/C14H16N2O2S/c1-11-10-16(7-8-18-11)14(17)13-12(4-9-19-13)15-5-2-3-6-15/h2-6,9,11H,7-8,10H2,1H3. The van der Waals surface area contributed by atoms with Crippen LogP contribution < -0.4 is 0 Å². The maximum absolute atomic E-state index is 12.6. The molecule has 0 radical (unpaired) electrons. The van der Waals surface area contributed by atoms with Crippen LogP contribution in [0.25, 0.3) is 5.69 Å². The number of thiophene rings is 1. The Labute approximate surface area is 116 Å². The smallest absolute Gasteiger partial charge is 0.266 e. The van der Waals surface area contributed by atoms with Gasteiger partial charge in [-0.25, -0.2) is 0 Å². The zero-order valence-electron chi connectivity index (χ0n) is 10.8. The summed E-state index contributed by atoms with van der Waals surface area (Å²) >= 11 is 1.50. The van der Waals surface area contributed by atoms with Crippen molar-refractivity contribution < 1.29 is 9.53 Å². The molecule has 0 spiro atoms. The van der Waals surface area contributed by atoms with Crippen LogP contribution in [0, 0.1) is 0 Å². The largest absolute Gasteiger partial charge is 0.375 e. The molecule has 0 saturated carbocycles. The molecule has 1 aliphatic rings. The van der Waals surface area contributed by atoms with Crippen LogP contribution in [-0.2, 0) is 4.74 Å². The molecule has 1 atom stereocenters. The van der Waals surface area contributed by atoms with Crippen molar-refractivity contribution in [2.75, 3.05) is 19.7 Å². The molecule has 3 heterocycles. The van der Waals surface area contributed by atoms with Gasteiger partial charge in [-0.1, -0.05) is 0 Å². The maximum atomic E-state index is 12.6. The van der Waals surface area contributed by atoms with Gasteiger partial charge in [0.2, 0.25) is 0 Å². The Bertz CT molecular complexity index is 562. The minimum absolute atomic E-state index is 0.105. The van der Waals surface area contributed by atoms with Gasteiger partial charge in [0.1, 0.15) is 4.88 Å². The van der Waals surface area contributed by atoms with E-state index in [0.29, 0.717) is 19.7 Å². The third kappa shape index (κ3) is 2.43. The lowest BCUT2D eigenvalue weighted by atomic mass is 10.2. The molecule has 0 aromatic carbocycles. The Morgan fingerprint density at radius 2 is 2.21 bits per heavy atom. The quantitative estimate of drug-likeness (QED) is 0.844. The summed E-state index contributed by atoms with van der Waals surface area (Å²) in [6.07, 6.45) is 4.04. The van der Waals surface area contributed by atoms with Crippen LogP contribution >= 0.6 is 11.3 Å². The number of amides is 1. The number of rotatable bonds is 2. The molecule has 19 heavy (non-hydrogen) atoms. The molecule has 1 fully saturated rings. The lowest BCUT2D eigenvalue weighted by Crippen LogP contribution is -2.44. The first kappa shape index (κ1) is 12.4. The van der Waals surface area contributed by atoms with Gasteiger partial charge >= 0.3 is 0 Å². The second-order valence-corrected chi connectivity index (χ2v) is 5.57. The van der Waals surface area contributed by atoms with Crippen LogP contribution in [0.4, 0.5) is 0 Å². The fraction of sp³-hybridized carbons (Fsp3) is 0.357. The summed E-state index contributed by atoms with van der Waals surface area (Å²) in [6.45, 7) is 3.96. The van der Waals surface area contributed by atoms with Crippen LogP contribution in [0.3, 0.4) is 0 Å². The van der Waals surface area contributed by atoms with E-state index in [9.17, 15) is 4.79 Å². The highest BCUT2D eigenvalue weighted by Crippen LogP contribution is 2.24. The number of carbonyl (C=O) groups is 1. The molecule has 4 nitrogen and oxygen atoms in total. The summed E-state index contributed by atoms with van der Waals surface area (Å²) < 4.78 is 7.46. The third-order valence-corrected chi connectivity index (χ3v) is 4.14. The van der Waals surface area contributed by atoms with Crippen molar-refractivity contribution in [1.82, 2.24) is 9.47 Å². The summed E-state index contributed by atoms with van der Waals surface area (Å²) in [5, 5.41) is 1.96. The number of hydrogen-bond donors (Lipinski definition) is 0. The minimum Gasteiger partial charge on any atom is -0.375 e. The SMILES string of the molecule is CC1CN(C(=O)c2sccc2-n2cccc2)CCO1. The Morgan fingerprint density at radius 1 is 1.42 bits per heavy atom. The van der Waals surface area contributed by atoms with Crippen molar-refractivity contribution >= 4 is 17.2 Å². The van der Waals surface area contributed by atoms with Crippen molar-refractivity contribution in [3.63, 3.8) is 0 Å². The van der Waals surface area contributed by atoms with Gasteiger partial charge in [-0.3, -0.25) is 4.79 Å². The van der Waals surface area contributed by atoms with E-state index in [2.05, 4.69) is 0 Å². The molecule has 1 aliphatic heterocycles. The van der Waals surface area contributed by atoms with E-state index < -0.39 is 0 Å². The topological polar surface area (TPSA) is 34.5 Å². The Kier molecular flexibility index (Phi) is 3.40. The first-order chi connectivity index (χ1) is 9.25. The second-order valence-electron chi connectivity index (χ2n) is 4.66. The summed E-state index contributed by atoms with van der Waals surface area (Å²) in [6, 6.07) is 5.91. The molecular weight excluding hydrogens is 260 g/mol. The monoisotopic (exact) mass is 276 g/mol. The van der Waals surface area contributed by atoms with Crippen LogP contribution in [0.2, 0.25) is 0 Å². The van der Waals surface area contributed by atoms with Crippen LogP contribution in [0.5, 0.6) is 0 Å². The highest BCUT2D eigenvalue weighted by atomic mass is 32.1. The Hall–Kier alpha value is -1.59. The lowest BCUT2D eigenvalue weighted by molar-refractivity contribution is -0.0122. The summed E-state index contributed by atoms with van der Waals surface area (Å²) in [7, 11) is 0. The van der Waals surface area contributed by atoms with E-state index in [1.165, 1.54) is 11.3 Å². The molecule has 5 heteroatoms. The molecule has 1 saturated heterocycles. The summed E-state index contributed by atoms with van der Waals surface area (Å²) in [5.74, 6) is 0.105. The molecule has 0 aliphatic carbocycles. The molecule has 3 rings (SSSR count). The fourth-order valence-corrected chi connectivity index (χ4v) is 3.16. The predicted octanol–water partition coefficient (Wildman–Crippen LogP) is 2.40. The molecular formula is C14H16N2O2S. The molecule has 0 N–H and O–H groups in total. The number of hydrogen-bond acceptors (Lipinski definition) is 3. The van der Waals surface area contributed by atoms with E-state index in [1.807, 2.05) is 52.4 Å². The Morgan fingerprint density at radius 3 is 2.95 bits per heavy atom. The van der Waals surface area contributed by atoms with Crippen LogP contribution in [0.1, 0.15) is 16.6 Å². The lowest BCUT2D eigenvalue weighted by Gasteiger charge is -2.31. The first-order valence-electron chi connectivity index (χ1n) is 6.37. The van der Waals surface area contributed by atoms with Crippen molar-refractivity contribution in [2.45, 2.75) is 13.0 Å². The van der Waals surface area contributed by atoms with E-state index in [1.54, 1.807) is 0 Å². The highest BCUT2D eigenvalue weighted by Gasteiger charge is 2.25. The number of carbonyl (C=O) groups excluding carboxylic acids is 1. The van der Waals surface area contributed by atoms with Crippen molar-refractivity contribution in [2.24, 2.45) is 0 Å². The van der Waals surface area contributed by atoms with E-state index in [0.717, 1.165) is 10.6 Å². The normalized spacial score (nSPS) is 19.6. The van der Waals surface area contributed by atoms with Gasteiger partial charge in [-0.15, -0.1) is 11.3 Å². The predicted molar refractivity (Wildman–Crippen MR) is 75.0 cm³/mol. The van der Waals surface area contributed by atoms with Crippen molar-refractivity contribution in [1.29, 1.82) is 0 Å². The van der Waals surface area contributed by atoms with Gasteiger partial charge < -0.3 is 14.2 Å². The van der Waals surface area contributed by atoms with E-state index >= 15 is 0 Å². The Balaban J connectivity index is 1.86.